The number of hydrogen-bond acceptors (Lipinski definition) is 5. The summed E-state index contributed by atoms with van der Waals surface area (Å²) >= 11 is 1.77. The van der Waals surface area contributed by atoms with Gasteiger partial charge >= 0.3 is 6.03 Å². The Labute approximate surface area is 162 Å². The van der Waals surface area contributed by atoms with Gasteiger partial charge in [-0.2, -0.15) is 0 Å². The van der Waals surface area contributed by atoms with E-state index >= 15 is 0 Å². The SMILES string of the molecule is CN1C(=O)C2C(SC3CCCC3)NC(c3ccccc3F)NC2N(C)C1=O. The first kappa shape index (κ1) is 18.7. The second kappa shape index (κ2) is 7.41. The minimum atomic E-state index is -0.467. The van der Waals surface area contributed by atoms with Crippen LogP contribution in [0.25, 0.3) is 0 Å². The Morgan fingerprint density at radius 3 is 2.52 bits per heavy atom. The molecule has 4 atom stereocenters. The first-order valence-electron chi connectivity index (χ1n) is 9.43. The molecule has 0 radical (unpaired) electrons. The monoisotopic (exact) mass is 392 g/mol. The van der Waals surface area contributed by atoms with Gasteiger partial charge in [0.1, 0.15) is 5.82 Å². The van der Waals surface area contributed by atoms with E-state index in [0.29, 0.717) is 10.8 Å². The van der Waals surface area contributed by atoms with Gasteiger partial charge in [-0.3, -0.25) is 20.3 Å². The van der Waals surface area contributed by atoms with Crippen molar-refractivity contribution in [2.24, 2.45) is 5.92 Å². The van der Waals surface area contributed by atoms with Crippen LogP contribution in [0.4, 0.5) is 9.18 Å². The molecule has 4 rings (SSSR count). The molecule has 0 aromatic heterocycles. The normalized spacial score (nSPS) is 32.1. The second-order valence-electron chi connectivity index (χ2n) is 7.51. The molecule has 6 nitrogen and oxygen atoms in total. The summed E-state index contributed by atoms with van der Waals surface area (Å²) in [4.78, 5) is 28.1. The van der Waals surface area contributed by atoms with Gasteiger partial charge in [-0.15, -0.1) is 11.8 Å². The van der Waals surface area contributed by atoms with Crippen LogP contribution in [0.15, 0.2) is 24.3 Å². The third kappa shape index (κ3) is 3.34. The zero-order chi connectivity index (χ0) is 19.1. The van der Waals surface area contributed by atoms with Gasteiger partial charge in [-0.25, -0.2) is 9.18 Å². The number of halogens is 1. The predicted octanol–water partition coefficient (Wildman–Crippen LogP) is 2.49. The van der Waals surface area contributed by atoms with Crippen LogP contribution in [-0.4, -0.2) is 52.6 Å². The van der Waals surface area contributed by atoms with Crippen molar-refractivity contribution >= 4 is 23.7 Å². The number of thioether (sulfide) groups is 1. The summed E-state index contributed by atoms with van der Waals surface area (Å²) in [5.41, 5.74) is 0.500. The maximum atomic E-state index is 14.4. The second-order valence-corrected chi connectivity index (χ2v) is 8.96. The van der Waals surface area contributed by atoms with Crippen LogP contribution in [-0.2, 0) is 4.79 Å². The van der Waals surface area contributed by atoms with E-state index in [1.807, 2.05) is 0 Å². The van der Waals surface area contributed by atoms with E-state index in [0.717, 1.165) is 12.8 Å². The first-order valence-corrected chi connectivity index (χ1v) is 10.4. The molecule has 2 heterocycles. The highest BCUT2D eigenvalue weighted by Crippen LogP contribution is 2.40. The molecule has 8 heteroatoms. The third-order valence-corrected chi connectivity index (χ3v) is 7.39. The van der Waals surface area contributed by atoms with Crippen LogP contribution in [0.1, 0.15) is 37.4 Å². The maximum Gasteiger partial charge on any atom is 0.327 e. The lowest BCUT2D eigenvalue weighted by Crippen LogP contribution is -2.72. The Balaban J connectivity index is 1.66. The fraction of sp³-hybridized carbons (Fsp3) is 0.579. The highest BCUT2D eigenvalue weighted by atomic mass is 32.2. The molecule has 2 N–H and O–H groups in total. The molecule has 3 fully saturated rings. The zero-order valence-corrected chi connectivity index (χ0v) is 16.3. The summed E-state index contributed by atoms with van der Waals surface area (Å²) < 4.78 is 14.4. The van der Waals surface area contributed by atoms with Crippen LogP contribution in [0.3, 0.4) is 0 Å². The third-order valence-electron chi connectivity index (χ3n) is 5.81. The van der Waals surface area contributed by atoms with Gasteiger partial charge in [0.05, 0.1) is 23.6 Å². The average Bonchev–Trinajstić information content (AvgIpc) is 3.17. The summed E-state index contributed by atoms with van der Waals surface area (Å²) in [6.45, 7) is 0. The zero-order valence-electron chi connectivity index (χ0n) is 15.5. The molecule has 146 valence electrons. The summed E-state index contributed by atoms with van der Waals surface area (Å²) in [6, 6.07) is 6.27. The molecule has 2 aliphatic heterocycles. The number of carbonyl (C=O) groups excluding carboxylic acids is 2. The smallest absolute Gasteiger partial charge is 0.311 e. The standard InChI is InChI=1S/C19H25FN4O2S/c1-23-16-14(18(25)24(2)19(23)26)17(27-11-7-3-4-8-11)22-15(21-16)12-9-5-6-10-13(12)20/h5-6,9-11,14-17,21-22H,3-4,7-8H2,1-2H3. The molecule has 27 heavy (non-hydrogen) atoms. The number of carbonyl (C=O) groups is 2. The fourth-order valence-electron chi connectivity index (χ4n) is 4.29. The Morgan fingerprint density at radius 2 is 1.81 bits per heavy atom. The van der Waals surface area contributed by atoms with E-state index in [-0.39, 0.29) is 23.1 Å². The van der Waals surface area contributed by atoms with Crippen molar-refractivity contribution < 1.29 is 14.0 Å². The van der Waals surface area contributed by atoms with Gasteiger partial charge in [0.2, 0.25) is 5.91 Å². The molecule has 1 aromatic rings. The lowest BCUT2D eigenvalue weighted by Gasteiger charge is -2.50. The lowest BCUT2D eigenvalue weighted by atomic mass is 9.96. The van der Waals surface area contributed by atoms with Crippen molar-refractivity contribution in [3.8, 4) is 0 Å². The molecule has 0 bridgehead atoms. The lowest BCUT2D eigenvalue weighted by molar-refractivity contribution is -0.140. The Hall–Kier alpha value is -1.64. The van der Waals surface area contributed by atoms with Gasteiger partial charge in [0.25, 0.3) is 0 Å². The van der Waals surface area contributed by atoms with E-state index in [4.69, 9.17) is 0 Å². The number of fused-ring (bicyclic) bond motifs is 1. The molecule has 4 unspecified atom stereocenters. The molecule has 3 aliphatic rings. The number of hydrogen-bond donors (Lipinski definition) is 2. The van der Waals surface area contributed by atoms with Crippen molar-refractivity contribution in [2.45, 2.75) is 48.6 Å². The topological polar surface area (TPSA) is 64.7 Å². The minimum Gasteiger partial charge on any atom is -0.311 e. The molecule has 0 spiro atoms. The molecular formula is C19H25FN4O2S. The van der Waals surface area contributed by atoms with E-state index in [1.54, 1.807) is 41.9 Å². The highest BCUT2D eigenvalue weighted by Gasteiger charge is 2.51. The Kier molecular flexibility index (Phi) is 5.13. The first-order chi connectivity index (χ1) is 13.0. The van der Waals surface area contributed by atoms with E-state index in [2.05, 4.69) is 10.6 Å². The molecule has 1 aromatic carbocycles. The van der Waals surface area contributed by atoms with Crippen LogP contribution < -0.4 is 10.6 Å². The average molecular weight is 393 g/mol. The van der Waals surface area contributed by atoms with Crippen molar-refractivity contribution in [3.05, 3.63) is 35.6 Å². The van der Waals surface area contributed by atoms with E-state index in [1.165, 1.54) is 30.9 Å². The Bertz CT molecular complexity index is 742. The molecule has 1 aliphatic carbocycles. The van der Waals surface area contributed by atoms with E-state index < -0.39 is 18.2 Å². The largest absolute Gasteiger partial charge is 0.327 e. The molecular weight excluding hydrogens is 367 g/mol. The summed E-state index contributed by atoms with van der Waals surface area (Å²) in [5, 5.41) is 7.04. The fourth-order valence-corrected chi connectivity index (χ4v) is 5.96. The van der Waals surface area contributed by atoms with Gasteiger partial charge in [-0.1, -0.05) is 31.0 Å². The van der Waals surface area contributed by atoms with Crippen molar-refractivity contribution in [1.82, 2.24) is 20.4 Å². The van der Waals surface area contributed by atoms with Crippen LogP contribution in [0, 0.1) is 11.7 Å². The molecule has 2 saturated heterocycles. The van der Waals surface area contributed by atoms with Gasteiger partial charge in [0.15, 0.2) is 0 Å². The number of amides is 3. The van der Waals surface area contributed by atoms with E-state index in [9.17, 15) is 14.0 Å². The van der Waals surface area contributed by atoms with Crippen molar-refractivity contribution in [2.75, 3.05) is 14.1 Å². The van der Waals surface area contributed by atoms with Gasteiger partial charge in [0, 0.05) is 24.9 Å². The molecule has 3 amide bonds. The number of urea groups is 1. The van der Waals surface area contributed by atoms with Gasteiger partial charge < -0.3 is 4.90 Å². The van der Waals surface area contributed by atoms with Crippen LogP contribution >= 0.6 is 11.8 Å². The van der Waals surface area contributed by atoms with Crippen LogP contribution in [0.2, 0.25) is 0 Å². The quantitative estimate of drug-likeness (QED) is 0.828. The number of imide groups is 1. The maximum absolute atomic E-state index is 14.4. The Morgan fingerprint density at radius 1 is 1.11 bits per heavy atom. The summed E-state index contributed by atoms with van der Waals surface area (Å²) in [6.07, 6.45) is 3.76. The van der Waals surface area contributed by atoms with Crippen molar-refractivity contribution in [3.63, 3.8) is 0 Å². The van der Waals surface area contributed by atoms with Gasteiger partial charge in [-0.05, 0) is 18.9 Å². The predicted molar refractivity (Wildman–Crippen MR) is 102 cm³/mol. The summed E-state index contributed by atoms with van der Waals surface area (Å²) in [7, 11) is 3.22. The number of benzene rings is 1. The number of rotatable bonds is 3. The number of nitrogens with one attached hydrogen (secondary N) is 2. The number of nitrogens with zero attached hydrogens (tertiary/aromatic N) is 2. The highest BCUT2D eigenvalue weighted by molar-refractivity contribution is 8.00. The minimum absolute atomic E-state index is 0.186. The summed E-state index contributed by atoms with van der Waals surface area (Å²) in [5.74, 6) is -0.907. The van der Waals surface area contributed by atoms with Crippen molar-refractivity contribution in [1.29, 1.82) is 0 Å². The van der Waals surface area contributed by atoms with Crippen LogP contribution in [0.5, 0.6) is 0 Å². The molecule has 1 saturated carbocycles.